The number of hydrogen-bond acceptors (Lipinski definition) is 4. The van der Waals surface area contributed by atoms with Gasteiger partial charge in [-0.2, -0.15) is 0 Å². The molecule has 1 amide bonds. The lowest BCUT2D eigenvalue weighted by Crippen LogP contribution is -2.44. The summed E-state index contributed by atoms with van der Waals surface area (Å²) in [4.78, 5) is 16.3. The first-order valence-corrected chi connectivity index (χ1v) is 8.44. The third-order valence-electron chi connectivity index (χ3n) is 4.75. The van der Waals surface area contributed by atoms with Gasteiger partial charge < -0.3 is 14.4 Å². The van der Waals surface area contributed by atoms with Crippen LogP contribution >= 0.6 is 0 Å². The van der Waals surface area contributed by atoms with E-state index in [4.69, 9.17) is 9.47 Å². The zero-order chi connectivity index (χ0) is 16.4. The lowest BCUT2D eigenvalue weighted by Gasteiger charge is -2.31. The van der Waals surface area contributed by atoms with E-state index in [-0.39, 0.29) is 18.0 Å². The van der Waals surface area contributed by atoms with Crippen molar-refractivity contribution in [2.45, 2.75) is 38.3 Å². The molecule has 5 nitrogen and oxygen atoms in total. The van der Waals surface area contributed by atoms with Gasteiger partial charge >= 0.3 is 0 Å². The van der Waals surface area contributed by atoms with Gasteiger partial charge in [0.15, 0.2) is 11.5 Å². The van der Waals surface area contributed by atoms with Gasteiger partial charge in [-0.25, -0.2) is 0 Å². The van der Waals surface area contributed by atoms with Gasteiger partial charge in [0.25, 0.3) is 0 Å². The molecule has 0 N–H and O–H groups in total. The Morgan fingerprint density at radius 3 is 2.70 bits per heavy atom. The van der Waals surface area contributed by atoms with E-state index in [2.05, 4.69) is 17.0 Å². The fourth-order valence-electron chi connectivity index (χ4n) is 3.51. The molecule has 0 aliphatic carbocycles. The Labute approximate surface area is 138 Å². The van der Waals surface area contributed by atoms with Gasteiger partial charge in [-0.3, -0.25) is 9.69 Å². The fourth-order valence-corrected chi connectivity index (χ4v) is 3.51. The predicted molar refractivity (Wildman–Crippen MR) is 88.9 cm³/mol. The van der Waals surface area contributed by atoms with Crippen LogP contribution in [0, 0.1) is 0 Å². The van der Waals surface area contributed by atoms with Crippen molar-refractivity contribution in [3.05, 3.63) is 23.8 Å². The summed E-state index contributed by atoms with van der Waals surface area (Å²) in [6.07, 6.45) is 3.10. The molecule has 126 valence electrons. The Bertz CT molecular complexity index is 573. The highest BCUT2D eigenvalue weighted by atomic mass is 16.5. The molecule has 2 aliphatic rings. The van der Waals surface area contributed by atoms with E-state index in [9.17, 15) is 4.79 Å². The van der Waals surface area contributed by atoms with E-state index in [1.54, 1.807) is 4.90 Å². The summed E-state index contributed by atoms with van der Waals surface area (Å²) in [6.45, 7) is 4.36. The number of fused-ring (bicyclic) bond motifs is 1. The van der Waals surface area contributed by atoms with Crippen molar-refractivity contribution in [2.24, 2.45) is 0 Å². The summed E-state index contributed by atoms with van der Waals surface area (Å²) in [5.74, 6) is 1.82. The third kappa shape index (κ3) is 3.29. The van der Waals surface area contributed by atoms with Crippen LogP contribution in [0.3, 0.4) is 0 Å². The molecule has 0 unspecified atom stereocenters. The minimum absolute atomic E-state index is 0.103. The molecule has 3 rings (SSSR count). The number of hydrogen-bond donors (Lipinski definition) is 0. The van der Waals surface area contributed by atoms with E-state index < -0.39 is 0 Å². The smallest absolute Gasteiger partial charge is 0.239 e. The number of ether oxygens (including phenoxy) is 2. The van der Waals surface area contributed by atoms with E-state index in [0.29, 0.717) is 13.2 Å². The summed E-state index contributed by atoms with van der Waals surface area (Å²) < 4.78 is 11.5. The van der Waals surface area contributed by atoms with Gasteiger partial charge in [0, 0.05) is 26.6 Å². The fraction of sp³-hybridized carbons (Fsp3) is 0.611. The first-order valence-electron chi connectivity index (χ1n) is 8.44. The van der Waals surface area contributed by atoms with Gasteiger partial charge in [-0.05, 0) is 44.0 Å². The normalized spacial score (nSPS) is 22.5. The van der Waals surface area contributed by atoms with E-state index >= 15 is 0 Å². The van der Waals surface area contributed by atoms with Gasteiger partial charge in [0.05, 0.1) is 19.3 Å². The number of rotatable bonds is 3. The minimum atomic E-state index is -0.103. The molecular weight excluding hydrogens is 292 g/mol. The quantitative estimate of drug-likeness (QED) is 0.858. The number of likely N-dealkylation sites (tertiary alicyclic amines) is 1. The molecule has 0 bridgehead atoms. The molecule has 0 saturated carbocycles. The van der Waals surface area contributed by atoms with Crippen molar-refractivity contribution in [3.8, 4) is 11.5 Å². The van der Waals surface area contributed by atoms with Crippen LogP contribution in [-0.4, -0.2) is 55.6 Å². The van der Waals surface area contributed by atoms with Crippen molar-refractivity contribution in [1.82, 2.24) is 9.80 Å². The molecule has 23 heavy (non-hydrogen) atoms. The van der Waals surface area contributed by atoms with Crippen LogP contribution in [-0.2, 0) is 4.79 Å². The largest absolute Gasteiger partial charge is 0.490 e. The zero-order valence-corrected chi connectivity index (χ0v) is 14.2. The van der Waals surface area contributed by atoms with Crippen LogP contribution < -0.4 is 9.47 Å². The molecule has 0 radical (unpaired) electrons. The molecule has 1 aromatic carbocycles. The number of nitrogens with zero attached hydrogens (tertiary/aromatic N) is 2. The van der Waals surface area contributed by atoms with Crippen molar-refractivity contribution >= 4 is 5.91 Å². The van der Waals surface area contributed by atoms with Crippen LogP contribution in [0.5, 0.6) is 11.5 Å². The molecule has 1 aromatic rings. The van der Waals surface area contributed by atoms with Crippen molar-refractivity contribution in [2.75, 3.05) is 33.9 Å². The second kappa shape index (κ2) is 6.79. The molecule has 0 spiro atoms. The highest BCUT2D eigenvalue weighted by molar-refractivity contribution is 5.81. The molecule has 1 fully saturated rings. The van der Waals surface area contributed by atoms with Crippen LogP contribution in [0.1, 0.15) is 37.8 Å². The maximum Gasteiger partial charge on any atom is 0.239 e. The summed E-state index contributed by atoms with van der Waals surface area (Å²) in [7, 11) is 3.63. The van der Waals surface area contributed by atoms with Gasteiger partial charge in [-0.15, -0.1) is 0 Å². The first kappa shape index (κ1) is 16.1. The maximum absolute atomic E-state index is 12.3. The van der Waals surface area contributed by atoms with Gasteiger partial charge in [0.1, 0.15) is 0 Å². The Morgan fingerprint density at radius 2 is 1.96 bits per heavy atom. The molecule has 2 atom stereocenters. The Kier molecular flexibility index (Phi) is 4.76. The molecule has 0 aromatic heterocycles. The highest BCUT2D eigenvalue weighted by Gasteiger charge is 2.34. The van der Waals surface area contributed by atoms with Crippen molar-refractivity contribution in [3.63, 3.8) is 0 Å². The number of carbonyl (C=O) groups is 1. The SMILES string of the molecule is C[C@@H](C(=O)N(C)C)N1CCC[C@H]1c1ccc2c(c1)OCCCO2. The Hall–Kier alpha value is -1.75. The minimum Gasteiger partial charge on any atom is -0.490 e. The molecule has 5 heteroatoms. The number of benzene rings is 1. The van der Waals surface area contributed by atoms with Crippen LogP contribution in [0.15, 0.2) is 18.2 Å². The molecule has 1 saturated heterocycles. The Balaban J connectivity index is 1.82. The highest BCUT2D eigenvalue weighted by Crippen LogP contribution is 2.38. The summed E-state index contributed by atoms with van der Waals surface area (Å²) in [5.41, 5.74) is 1.21. The molecule has 2 heterocycles. The molecule has 2 aliphatic heterocycles. The predicted octanol–water partition coefficient (Wildman–Crippen LogP) is 2.46. The summed E-state index contributed by atoms with van der Waals surface area (Å²) in [5, 5.41) is 0. The van der Waals surface area contributed by atoms with Gasteiger partial charge in [0.2, 0.25) is 5.91 Å². The second-order valence-electron chi connectivity index (χ2n) is 6.56. The van der Waals surface area contributed by atoms with E-state index in [1.807, 2.05) is 27.1 Å². The number of likely N-dealkylation sites (N-methyl/N-ethyl adjacent to an activating group) is 1. The summed E-state index contributed by atoms with van der Waals surface area (Å²) in [6, 6.07) is 6.38. The summed E-state index contributed by atoms with van der Waals surface area (Å²) >= 11 is 0. The van der Waals surface area contributed by atoms with E-state index in [1.165, 1.54) is 5.56 Å². The first-order chi connectivity index (χ1) is 11.1. The Morgan fingerprint density at radius 1 is 1.22 bits per heavy atom. The average molecular weight is 318 g/mol. The standard InChI is InChI=1S/C18H26N2O3/c1-13(18(21)19(2)3)20-9-4-6-15(20)14-7-8-16-17(12-14)23-11-5-10-22-16/h7-8,12-13,15H,4-6,9-11H2,1-3H3/t13-,15-/m0/s1. The zero-order valence-electron chi connectivity index (χ0n) is 14.2. The maximum atomic E-state index is 12.3. The van der Waals surface area contributed by atoms with Crippen molar-refractivity contribution < 1.29 is 14.3 Å². The van der Waals surface area contributed by atoms with Crippen LogP contribution in [0.2, 0.25) is 0 Å². The van der Waals surface area contributed by atoms with Crippen LogP contribution in [0.4, 0.5) is 0 Å². The third-order valence-corrected chi connectivity index (χ3v) is 4.75. The van der Waals surface area contributed by atoms with Crippen LogP contribution in [0.25, 0.3) is 0 Å². The van der Waals surface area contributed by atoms with Crippen molar-refractivity contribution in [1.29, 1.82) is 0 Å². The second-order valence-corrected chi connectivity index (χ2v) is 6.56. The lowest BCUT2D eigenvalue weighted by molar-refractivity contribution is -0.134. The lowest BCUT2D eigenvalue weighted by atomic mass is 10.0. The number of carbonyl (C=O) groups excluding carboxylic acids is 1. The van der Waals surface area contributed by atoms with E-state index in [0.717, 1.165) is 37.3 Å². The topological polar surface area (TPSA) is 42.0 Å². The monoisotopic (exact) mass is 318 g/mol. The molecular formula is C18H26N2O3. The van der Waals surface area contributed by atoms with Gasteiger partial charge in [-0.1, -0.05) is 6.07 Å². The average Bonchev–Trinajstić information content (AvgIpc) is 2.91. The number of amides is 1.